The number of carboxylic acid groups (broad SMARTS) is 2. The van der Waals surface area contributed by atoms with Gasteiger partial charge in [0, 0.05) is 11.5 Å². The van der Waals surface area contributed by atoms with Gasteiger partial charge in [0.15, 0.2) is 0 Å². The summed E-state index contributed by atoms with van der Waals surface area (Å²) in [6, 6.07) is 12.9. The van der Waals surface area contributed by atoms with Crippen molar-refractivity contribution in [1.29, 1.82) is 0 Å². The molecule has 0 spiro atoms. The number of nitrogens with one attached hydrogen (secondary N) is 1. The third kappa shape index (κ3) is 4.81. The van der Waals surface area contributed by atoms with E-state index in [0.29, 0.717) is 11.5 Å². The number of phenols is 1. The molecule has 4 N–H and O–H groups in total. The van der Waals surface area contributed by atoms with Crippen LogP contribution in [0.5, 0.6) is 11.5 Å². The molecule has 194 valence electrons. The van der Waals surface area contributed by atoms with Crippen molar-refractivity contribution in [1.82, 2.24) is 5.32 Å². The third-order valence-corrected chi connectivity index (χ3v) is 8.63. The Hall–Kier alpha value is -3.06. The maximum absolute atomic E-state index is 11.5. The smallest absolute Gasteiger partial charge is 0.339 e. The van der Waals surface area contributed by atoms with Crippen LogP contribution in [0, 0.1) is 11.3 Å². The van der Waals surface area contributed by atoms with E-state index in [1.54, 1.807) is 26.0 Å². The quantitative estimate of drug-likeness (QED) is 0.461. The summed E-state index contributed by atoms with van der Waals surface area (Å²) in [5, 5.41) is 30.5. The molecule has 2 aliphatic carbocycles. The van der Waals surface area contributed by atoms with E-state index in [2.05, 4.69) is 17.4 Å². The van der Waals surface area contributed by atoms with Crippen LogP contribution < -0.4 is 10.1 Å². The normalized spacial score (nSPS) is 25.3. The molecule has 1 saturated carbocycles. The van der Waals surface area contributed by atoms with Crippen LogP contribution in [0.2, 0.25) is 0 Å². The van der Waals surface area contributed by atoms with E-state index in [9.17, 15) is 14.7 Å². The van der Waals surface area contributed by atoms with Crippen molar-refractivity contribution in [3.8, 4) is 11.5 Å². The van der Waals surface area contributed by atoms with Gasteiger partial charge in [0.25, 0.3) is 0 Å². The molecule has 2 bridgehead atoms. The summed E-state index contributed by atoms with van der Waals surface area (Å²) in [6.45, 7) is 6.42. The number of aromatic carboxylic acids is 1. The van der Waals surface area contributed by atoms with Crippen LogP contribution in [0.25, 0.3) is 0 Å². The molecule has 36 heavy (non-hydrogen) atoms. The lowest BCUT2D eigenvalue weighted by atomic mass is 9.53. The van der Waals surface area contributed by atoms with Gasteiger partial charge in [0.2, 0.25) is 0 Å². The summed E-state index contributed by atoms with van der Waals surface area (Å²) in [5.74, 6) is -0.579. The molecule has 1 unspecified atom stereocenters. The number of aromatic hydroxyl groups is 1. The van der Waals surface area contributed by atoms with Gasteiger partial charge in [0.1, 0.15) is 23.2 Å². The minimum atomic E-state index is -1.11. The number of rotatable bonds is 5. The van der Waals surface area contributed by atoms with Crippen molar-refractivity contribution < 1.29 is 29.6 Å². The molecule has 5 rings (SSSR count). The highest BCUT2D eigenvalue weighted by Crippen LogP contribution is 2.54. The summed E-state index contributed by atoms with van der Waals surface area (Å²) >= 11 is 0. The summed E-state index contributed by atoms with van der Waals surface area (Å²) in [4.78, 5) is 21.8. The SMILES string of the molecule is CC(Oc1ccc2c(c1)[C@@]13CCCC[C@H]1[C@@H](C2)NCC3)C(C)(C)C(=O)O.O=C(O)c1ccccc1O. The van der Waals surface area contributed by atoms with Gasteiger partial charge in [-0.25, -0.2) is 4.79 Å². The number of para-hydroxylation sites is 1. The van der Waals surface area contributed by atoms with E-state index in [4.69, 9.17) is 14.9 Å². The maximum atomic E-state index is 11.5. The number of hydrogen-bond acceptors (Lipinski definition) is 5. The average molecular weight is 496 g/mol. The molecule has 7 nitrogen and oxygen atoms in total. The first kappa shape index (κ1) is 26.0. The zero-order chi connectivity index (χ0) is 26.1. The monoisotopic (exact) mass is 495 g/mol. The highest BCUT2D eigenvalue weighted by molar-refractivity contribution is 5.90. The minimum Gasteiger partial charge on any atom is -0.507 e. The molecule has 3 aliphatic rings. The van der Waals surface area contributed by atoms with Gasteiger partial charge < -0.3 is 25.4 Å². The van der Waals surface area contributed by atoms with Gasteiger partial charge in [0.05, 0.1) is 5.41 Å². The van der Waals surface area contributed by atoms with Crippen molar-refractivity contribution in [3.63, 3.8) is 0 Å². The fourth-order valence-corrected chi connectivity index (χ4v) is 6.16. The summed E-state index contributed by atoms with van der Waals surface area (Å²) in [5.41, 5.74) is 2.26. The van der Waals surface area contributed by atoms with Crippen molar-refractivity contribution in [2.45, 2.75) is 76.9 Å². The molecule has 0 amide bonds. The highest BCUT2D eigenvalue weighted by Gasteiger charge is 2.51. The van der Waals surface area contributed by atoms with Gasteiger partial charge in [-0.2, -0.15) is 0 Å². The van der Waals surface area contributed by atoms with Gasteiger partial charge >= 0.3 is 11.9 Å². The Morgan fingerprint density at radius 3 is 2.53 bits per heavy atom. The summed E-state index contributed by atoms with van der Waals surface area (Å²) in [6.07, 6.45) is 7.20. The van der Waals surface area contributed by atoms with E-state index in [-0.39, 0.29) is 17.4 Å². The topological polar surface area (TPSA) is 116 Å². The Kier molecular flexibility index (Phi) is 7.32. The molecule has 1 aliphatic heterocycles. The second-order valence-corrected chi connectivity index (χ2v) is 11.0. The van der Waals surface area contributed by atoms with E-state index in [1.807, 2.05) is 13.0 Å². The van der Waals surface area contributed by atoms with Gasteiger partial charge in [-0.1, -0.05) is 31.0 Å². The number of carbonyl (C=O) groups is 2. The Labute approximate surface area is 212 Å². The molecule has 0 aromatic heterocycles. The molecule has 2 fully saturated rings. The molecule has 2 aromatic carbocycles. The molecule has 4 atom stereocenters. The number of ether oxygens (including phenoxy) is 1. The third-order valence-electron chi connectivity index (χ3n) is 8.63. The molecular formula is C29H37NO6. The Bertz CT molecular complexity index is 1120. The Morgan fingerprint density at radius 1 is 1.11 bits per heavy atom. The number of piperidine rings is 1. The molecule has 2 aromatic rings. The van der Waals surface area contributed by atoms with Crippen LogP contribution in [-0.2, 0) is 16.6 Å². The van der Waals surface area contributed by atoms with Crippen molar-refractivity contribution in [2.24, 2.45) is 11.3 Å². The average Bonchev–Trinajstić information content (AvgIpc) is 2.85. The van der Waals surface area contributed by atoms with Gasteiger partial charge in [-0.05, 0) is 94.3 Å². The van der Waals surface area contributed by atoms with E-state index >= 15 is 0 Å². The van der Waals surface area contributed by atoms with Crippen LogP contribution in [0.4, 0.5) is 0 Å². The number of benzene rings is 2. The standard InChI is InChI=1S/C22H31NO3.C7H6O3/c1-14(21(2,3)20(24)25)26-16-8-7-15-12-19-17-6-4-5-9-22(17,10-11-23-19)18(15)13-16;8-6-4-2-1-3-5(6)7(9)10/h7-8,13-14,17,19,23H,4-6,9-12H2,1-3H3,(H,24,25);1-4,8H,(H,9,10)/t14?,17-,19+,22+;/m0./s1. The fourth-order valence-electron chi connectivity index (χ4n) is 6.16. The molecule has 7 heteroatoms. The zero-order valence-corrected chi connectivity index (χ0v) is 21.3. The first-order chi connectivity index (χ1) is 17.1. The highest BCUT2D eigenvalue weighted by atomic mass is 16.5. The molecule has 0 radical (unpaired) electrons. The number of fused-ring (bicyclic) bond motifs is 1. The first-order valence-corrected chi connectivity index (χ1v) is 12.8. The van der Waals surface area contributed by atoms with E-state index in [1.165, 1.54) is 55.4 Å². The van der Waals surface area contributed by atoms with E-state index < -0.39 is 17.4 Å². The lowest BCUT2D eigenvalue weighted by Gasteiger charge is -2.56. The molecule has 1 heterocycles. The lowest BCUT2D eigenvalue weighted by Crippen LogP contribution is -2.59. The summed E-state index contributed by atoms with van der Waals surface area (Å²) in [7, 11) is 0. The maximum Gasteiger partial charge on any atom is 0.339 e. The Balaban J connectivity index is 0.000000256. The first-order valence-electron chi connectivity index (χ1n) is 12.8. The van der Waals surface area contributed by atoms with Gasteiger partial charge in [-0.3, -0.25) is 4.79 Å². The predicted molar refractivity (Wildman–Crippen MR) is 137 cm³/mol. The van der Waals surface area contributed by atoms with Gasteiger partial charge in [-0.15, -0.1) is 0 Å². The largest absolute Gasteiger partial charge is 0.507 e. The second-order valence-electron chi connectivity index (χ2n) is 11.0. The van der Waals surface area contributed by atoms with Crippen LogP contribution in [0.1, 0.15) is 74.4 Å². The van der Waals surface area contributed by atoms with Crippen molar-refractivity contribution in [3.05, 3.63) is 59.2 Å². The Morgan fingerprint density at radius 2 is 1.86 bits per heavy atom. The van der Waals surface area contributed by atoms with E-state index in [0.717, 1.165) is 24.6 Å². The van der Waals surface area contributed by atoms with Crippen molar-refractivity contribution >= 4 is 11.9 Å². The lowest BCUT2D eigenvalue weighted by molar-refractivity contribution is -0.151. The number of hydrogen-bond donors (Lipinski definition) is 4. The molecular weight excluding hydrogens is 458 g/mol. The minimum absolute atomic E-state index is 0.0671. The molecule has 1 saturated heterocycles. The van der Waals surface area contributed by atoms with Crippen LogP contribution in [0.3, 0.4) is 0 Å². The van der Waals surface area contributed by atoms with Crippen LogP contribution in [0.15, 0.2) is 42.5 Å². The summed E-state index contributed by atoms with van der Waals surface area (Å²) < 4.78 is 6.12. The van der Waals surface area contributed by atoms with Crippen LogP contribution >= 0.6 is 0 Å². The number of aliphatic carboxylic acids is 1. The zero-order valence-electron chi connectivity index (χ0n) is 21.3. The predicted octanol–water partition coefficient (Wildman–Crippen LogP) is 5.00. The fraction of sp³-hybridized carbons (Fsp3) is 0.517. The second kappa shape index (κ2) is 10.1. The van der Waals surface area contributed by atoms with Crippen LogP contribution in [-0.4, -0.2) is 45.9 Å². The van der Waals surface area contributed by atoms with Crippen molar-refractivity contribution in [2.75, 3.05) is 6.54 Å². The number of carboxylic acids is 2.